The Morgan fingerprint density at radius 3 is 2.21 bits per heavy atom. The number of sulfonamides is 1. The van der Waals surface area contributed by atoms with Crippen molar-refractivity contribution in [3.8, 4) is 11.1 Å². The minimum Gasteiger partial charge on any atom is -0.464 e. The monoisotopic (exact) mass is 535 g/mol. The van der Waals surface area contributed by atoms with Crippen LogP contribution in [0.25, 0.3) is 11.1 Å². The summed E-state index contributed by atoms with van der Waals surface area (Å²) < 4.78 is 34.5. The van der Waals surface area contributed by atoms with Gasteiger partial charge in [0.15, 0.2) is 5.78 Å². The Hall–Kier alpha value is -3.33. The highest BCUT2D eigenvalue weighted by Gasteiger charge is 2.35. The molecule has 3 aromatic carbocycles. The minimum atomic E-state index is -4.30. The Balaban J connectivity index is 1.52. The fourth-order valence-corrected chi connectivity index (χ4v) is 5.85. The number of fused-ring (bicyclic) bond motifs is 3. The molecule has 0 fully saturated rings. The van der Waals surface area contributed by atoms with E-state index in [0.717, 1.165) is 37.7 Å². The normalized spacial score (nSPS) is 14.0. The zero-order chi connectivity index (χ0) is 27.1. The zero-order valence-corrected chi connectivity index (χ0v) is 22.2. The highest BCUT2D eigenvalue weighted by Crippen LogP contribution is 2.37. The number of hydrogen-bond acceptors (Lipinski definition) is 6. The van der Waals surface area contributed by atoms with Crippen LogP contribution in [0.5, 0.6) is 0 Å². The second-order valence-corrected chi connectivity index (χ2v) is 11.2. The van der Waals surface area contributed by atoms with Crippen molar-refractivity contribution in [2.24, 2.45) is 0 Å². The van der Waals surface area contributed by atoms with Crippen molar-refractivity contribution >= 4 is 21.8 Å². The largest absolute Gasteiger partial charge is 0.464 e. The zero-order valence-electron chi connectivity index (χ0n) is 21.4. The van der Waals surface area contributed by atoms with Gasteiger partial charge in [-0.15, -0.1) is 0 Å². The van der Waals surface area contributed by atoms with Crippen molar-refractivity contribution in [2.75, 3.05) is 6.61 Å². The van der Waals surface area contributed by atoms with Crippen LogP contribution in [0.4, 0.5) is 0 Å². The maximum Gasteiger partial charge on any atom is 0.327 e. The number of hydrogen-bond donors (Lipinski definition) is 2. The lowest BCUT2D eigenvalue weighted by Gasteiger charge is -2.23. The average Bonchev–Trinajstić information content (AvgIpc) is 3.22. The second-order valence-electron chi connectivity index (χ2n) is 9.47. The van der Waals surface area contributed by atoms with E-state index in [2.05, 4.69) is 11.6 Å². The molecule has 0 amide bonds. The Bertz CT molecular complexity index is 1390. The van der Waals surface area contributed by atoms with E-state index in [9.17, 15) is 23.1 Å². The van der Waals surface area contributed by atoms with Crippen molar-refractivity contribution in [3.63, 3.8) is 0 Å². The summed E-state index contributed by atoms with van der Waals surface area (Å²) in [6.45, 7) is 2.27. The molecule has 0 bridgehead atoms. The predicted octanol–water partition coefficient (Wildman–Crippen LogP) is 5.18. The number of rotatable bonds is 13. The Labute approximate surface area is 223 Å². The van der Waals surface area contributed by atoms with Gasteiger partial charge in [-0.3, -0.25) is 9.59 Å². The van der Waals surface area contributed by atoms with Gasteiger partial charge in [-0.25, -0.2) is 8.42 Å². The van der Waals surface area contributed by atoms with Gasteiger partial charge in [0, 0.05) is 11.1 Å². The van der Waals surface area contributed by atoms with Crippen LogP contribution in [-0.2, 0) is 19.6 Å². The summed E-state index contributed by atoms with van der Waals surface area (Å²) in [6.07, 6.45) is 4.54. The summed E-state index contributed by atoms with van der Waals surface area (Å²) >= 11 is 0. The molecule has 200 valence electrons. The molecule has 38 heavy (non-hydrogen) atoms. The maximum absolute atomic E-state index is 13.4. The van der Waals surface area contributed by atoms with E-state index in [0.29, 0.717) is 23.1 Å². The lowest BCUT2D eigenvalue weighted by Crippen LogP contribution is -2.46. The first-order valence-corrected chi connectivity index (χ1v) is 14.5. The first-order chi connectivity index (χ1) is 18.3. The Morgan fingerprint density at radius 2 is 1.47 bits per heavy atom. The van der Waals surface area contributed by atoms with E-state index < -0.39 is 28.1 Å². The fraction of sp³-hybridized carbons (Fsp3) is 0.333. The van der Waals surface area contributed by atoms with Crippen molar-refractivity contribution in [2.45, 2.75) is 62.5 Å². The maximum atomic E-state index is 13.4. The summed E-state index contributed by atoms with van der Waals surface area (Å²) in [5, 5.41) is 11.0. The average molecular weight is 536 g/mol. The summed E-state index contributed by atoms with van der Waals surface area (Å²) in [4.78, 5) is 25.7. The number of carbonyl (C=O) groups is 2. The van der Waals surface area contributed by atoms with E-state index >= 15 is 0 Å². The third-order valence-electron chi connectivity index (χ3n) is 6.74. The molecule has 0 saturated carbocycles. The number of aliphatic hydroxyl groups is 1. The van der Waals surface area contributed by atoms with E-state index in [1.54, 1.807) is 48.5 Å². The molecule has 0 radical (unpaired) electrons. The molecule has 4 rings (SSSR count). The van der Waals surface area contributed by atoms with Gasteiger partial charge < -0.3 is 9.84 Å². The molecule has 3 aromatic rings. The van der Waals surface area contributed by atoms with E-state index in [1.165, 1.54) is 12.1 Å². The molecule has 0 spiro atoms. The molecule has 0 unspecified atom stereocenters. The SMILES string of the molecule is CCCCCCCCOC(=O)[C@@H](NS(=O)(=O)c1ccc2c(c1)C(=O)c1ccccc1-2)[C@@H](O)c1ccccc1. The van der Waals surface area contributed by atoms with Crippen LogP contribution in [0.2, 0.25) is 0 Å². The van der Waals surface area contributed by atoms with Gasteiger partial charge >= 0.3 is 5.97 Å². The minimum absolute atomic E-state index is 0.135. The van der Waals surface area contributed by atoms with Crippen LogP contribution in [0.15, 0.2) is 77.7 Å². The quantitative estimate of drug-likeness (QED) is 0.180. The van der Waals surface area contributed by atoms with Crippen LogP contribution in [0, 0.1) is 0 Å². The second kappa shape index (κ2) is 12.5. The molecular weight excluding hydrogens is 502 g/mol. The number of ketones is 1. The van der Waals surface area contributed by atoms with Gasteiger partial charge in [0.1, 0.15) is 12.1 Å². The van der Waals surface area contributed by atoms with Gasteiger partial charge in [-0.05, 0) is 35.2 Å². The molecule has 1 aliphatic rings. The predicted molar refractivity (Wildman–Crippen MR) is 145 cm³/mol. The van der Waals surface area contributed by atoms with Crippen LogP contribution in [0.1, 0.15) is 73.0 Å². The van der Waals surface area contributed by atoms with Crippen molar-refractivity contribution < 1.29 is 27.9 Å². The first kappa shape index (κ1) is 27.7. The lowest BCUT2D eigenvalue weighted by atomic mass is 10.0. The topological polar surface area (TPSA) is 110 Å². The van der Waals surface area contributed by atoms with Crippen molar-refractivity contribution in [1.82, 2.24) is 4.72 Å². The Morgan fingerprint density at radius 1 is 0.842 bits per heavy atom. The van der Waals surface area contributed by atoms with Crippen LogP contribution in [0.3, 0.4) is 0 Å². The number of nitrogens with one attached hydrogen (secondary N) is 1. The van der Waals surface area contributed by atoms with E-state index in [-0.39, 0.29) is 22.8 Å². The molecule has 8 heteroatoms. The van der Waals surface area contributed by atoms with Crippen molar-refractivity contribution in [3.05, 3.63) is 89.5 Å². The molecule has 0 aromatic heterocycles. The number of carbonyl (C=O) groups excluding carboxylic acids is 2. The van der Waals surface area contributed by atoms with Crippen LogP contribution >= 0.6 is 0 Å². The summed E-state index contributed by atoms with van der Waals surface area (Å²) in [7, 11) is -4.30. The molecule has 2 atom stereocenters. The van der Waals surface area contributed by atoms with Crippen molar-refractivity contribution in [1.29, 1.82) is 0 Å². The number of ether oxygens (including phenoxy) is 1. The summed E-state index contributed by atoms with van der Waals surface area (Å²) in [5.41, 5.74) is 2.57. The van der Waals surface area contributed by atoms with Crippen LogP contribution in [-0.4, -0.2) is 37.9 Å². The summed E-state index contributed by atoms with van der Waals surface area (Å²) in [5.74, 6) is -1.12. The first-order valence-electron chi connectivity index (χ1n) is 13.0. The Kier molecular flexibility index (Phi) is 9.09. The molecule has 0 aliphatic heterocycles. The number of aliphatic hydroxyl groups excluding tert-OH is 1. The third kappa shape index (κ3) is 6.20. The molecule has 0 heterocycles. The van der Waals surface area contributed by atoms with Gasteiger partial charge in [-0.2, -0.15) is 4.72 Å². The standard InChI is InChI=1S/C30H33NO6S/c1-2-3-4-5-6-12-19-37-30(34)27(28(32)21-13-8-7-9-14-21)31-38(35,36)22-17-18-24-23-15-10-11-16-25(23)29(33)26(24)20-22/h7-11,13-18,20,27-28,31-32H,2-6,12,19H2,1H3/t27-,28-/m0/s1. The smallest absolute Gasteiger partial charge is 0.327 e. The molecule has 7 nitrogen and oxygen atoms in total. The fourth-order valence-electron chi connectivity index (χ4n) is 4.64. The molecular formula is C30H33NO6S. The van der Waals surface area contributed by atoms with E-state index in [4.69, 9.17) is 4.74 Å². The third-order valence-corrected chi connectivity index (χ3v) is 8.18. The van der Waals surface area contributed by atoms with Gasteiger partial charge in [0.05, 0.1) is 11.5 Å². The van der Waals surface area contributed by atoms with E-state index in [1.807, 2.05) is 12.1 Å². The van der Waals surface area contributed by atoms with Gasteiger partial charge in [-0.1, -0.05) is 99.7 Å². The highest BCUT2D eigenvalue weighted by atomic mass is 32.2. The number of benzene rings is 3. The van der Waals surface area contributed by atoms with Crippen LogP contribution < -0.4 is 4.72 Å². The molecule has 1 aliphatic carbocycles. The molecule has 0 saturated heterocycles. The lowest BCUT2D eigenvalue weighted by molar-refractivity contribution is -0.148. The summed E-state index contributed by atoms with van der Waals surface area (Å²) in [6, 6.07) is 18.2. The number of esters is 1. The highest BCUT2D eigenvalue weighted by molar-refractivity contribution is 7.89. The van der Waals surface area contributed by atoms with Gasteiger partial charge in [0.25, 0.3) is 0 Å². The molecule has 2 N–H and O–H groups in total. The van der Waals surface area contributed by atoms with Gasteiger partial charge in [0.2, 0.25) is 10.0 Å². The number of unbranched alkanes of at least 4 members (excludes halogenated alkanes) is 5.